The van der Waals surface area contributed by atoms with Crippen molar-refractivity contribution in [3.63, 3.8) is 0 Å². The van der Waals surface area contributed by atoms with Crippen LogP contribution in [0.25, 0.3) is 0 Å². The highest BCUT2D eigenvalue weighted by Crippen LogP contribution is 2.19. The fraction of sp³-hybridized carbons (Fsp3) is 0.450. The maximum Gasteiger partial charge on any atom is 0.410 e. The minimum atomic E-state index is -0.599. The van der Waals surface area contributed by atoms with Gasteiger partial charge in [-0.15, -0.1) is 4.73 Å². The van der Waals surface area contributed by atoms with Crippen molar-refractivity contribution >= 4 is 17.7 Å². The van der Waals surface area contributed by atoms with Crippen LogP contribution in [0.15, 0.2) is 29.1 Å². The van der Waals surface area contributed by atoms with Gasteiger partial charge in [0.2, 0.25) is 5.95 Å². The van der Waals surface area contributed by atoms with E-state index >= 15 is 0 Å². The molecule has 0 bridgehead atoms. The summed E-state index contributed by atoms with van der Waals surface area (Å²) in [7, 11) is 1.40. The van der Waals surface area contributed by atoms with E-state index in [9.17, 15) is 9.59 Å². The summed E-state index contributed by atoms with van der Waals surface area (Å²) < 4.78 is 6.52. The number of anilines is 2. The number of carbonyl (C=O) groups excluding carboxylic acids is 1. The van der Waals surface area contributed by atoms with Crippen molar-refractivity contribution in [3.05, 3.63) is 51.4 Å². The van der Waals surface area contributed by atoms with E-state index in [0.717, 1.165) is 10.3 Å². The van der Waals surface area contributed by atoms with Crippen LogP contribution in [0.3, 0.4) is 0 Å². The van der Waals surface area contributed by atoms with Crippen LogP contribution >= 0.6 is 0 Å². The van der Waals surface area contributed by atoms with Gasteiger partial charge in [0.05, 0.1) is 17.8 Å². The smallest absolute Gasteiger partial charge is 0.410 e. The van der Waals surface area contributed by atoms with E-state index in [2.05, 4.69) is 10.3 Å². The number of nitrogens with one attached hydrogen (secondary N) is 1. The van der Waals surface area contributed by atoms with Gasteiger partial charge in [0, 0.05) is 25.2 Å². The number of nitrogen functional groups attached to an aromatic ring is 1. The third-order valence-electron chi connectivity index (χ3n) is 4.46. The Balaban J connectivity index is 1.81. The molecule has 0 saturated heterocycles. The van der Waals surface area contributed by atoms with Crippen LogP contribution in [0.4, 0.5) is 16.4 Å². The van der Waals surface area contributed by atoms with Crippen LogP contribution in [-0.2, 0) is 24.2 Å². The van der Waals surface area contributed by atoms with Gasteiger partial charge in [-0.1, -0.05) is 12.1 Å². The highest BCUT2D eigenvalue weighted by molar-refractivity contribution is 5.68. The molecule has 156 valence electrons. The van der Waals surface area contributed by atoms with Crippen molar-refractivity contribution in [2.75, 3.05) is 24.7 Å². The van der Waals surface area contributed by atoms with E-state index in [1.807, 2.05) is 24.3 Å². The van der Waals surface area contributed by atoms with Gasteiger partial charge in [0.25, 0.3) is 5.56 Å². The van der Waals surface area contributed by atoms with Crippen molar-refractivity contribution in [3.8, 4) is 0 Å². The Kier molecular flexibility index (Phi) is 5.67. The highest BCUT2D eigenvalue weighted by Gasteiger charge is 2.29. The van der Waals surface area contributed by atoms with Crippen molar-refractivity contribution < 1.29 is 14.4 Å². The van der Waals surface area contributed by atoms with Crippen molar-refractivity contribution in [1.29, 1.82) is 0 Å². The van der Waals surface area contributed by atoms with Gasteiger partial charge in [-0.3, -0.25) is 4.79 Å². The molecule has 0 radical (unpaired) electrons. The highest BCUT2D eigenvalue weighted by atomic mass is 16.7. The third-order valence-corrected chi connectivity index (χ3v) is 4.46. The van der Waals surface area contributed by atoms with Crippen molar-refractivity contribution in [2.45, 2.75) is 45.9 Å². The number of carbonyl (C=O) groups is 1. The van der Waals surface area contributed by atoms with Gasteiger partial charge in [-0.25, -0.2) is 9.78 Å². The van der Waals surface area contributed by atoms with Gasteiger partial charge in [0.15, 0.2) is 0 Å². The van der Waals surface area contributed by atoms with Gasteiger partial charge in [-0.2, -0.15) is 0 Å². The Morgan fingerprint density at radius 2 is 1.97 bits per heavy atom. The third kappa shape index (κ3) is 4.79. The summed E-state index contributed by atoms with van der Waals surface area (Å²) in [5.41, 5.74) is 7.53. The maximum atomic E-state index is 12.9. The molecular weight excluding hydrogens is 374 g/mol. The Labute approximate surface area is 169 Å². The minimum absolute atomic E-state index is 0.137. The standard InChI is InChI=1S/C20H27N5O4/c1-20(2,3)29-19(27)24-10-9-16-15(12-24)17(26)25(28-4)18(23-16)22-11-13-5-7-14(21)8-6-13/h5-8H,9-12,21H2,1-4H3,(H,22,23). The summed E-state index contributed by atoms with van der Waals surface area (Å²) in [6.45, 7) is 6.45. The summed E-state index contributed by atoms with van der Waals surface area (Å²) in [4.78, 5) is 36.6. The summed E-state index contributed by atoms with van der Waals surface area (Å²) in [5, 5.41) is 3.14. The number of benzene rings is 1. The lowest BCUT2D eigenvalue weighted by Gasteiger charge is -2.30. The molecule has 2 heterocycles. The number of fused-ring (bicyclic) bond motifs is 1. The number of amides is 1. The second-order valence-electron chi connectivity index (χ2n) is 7.89. The molecule has 0 unspecified atom stereocenters. The molecule has 3 N–H and O–H groups in total. The maximum absolute atomic E-state index is 12.9. The molecule has 2 aromatic rings. The normalized spacial score (nSPS) is 13.6. The number of rotatable bonds is 4. The largest absolute Gasteiger partial charge is 0.444 e. The van der Waals surface area contributed by atoms with Crippen molar-refractivity contribution in [2.24, 2.45) is 0 Å². The monoisotopic (exact) mass is 401 g/mol. The quantitative estimate of drug-likeness (QED) is 0.751. The van der Waals surface area contributed by atoms with E-state index in [1.165, 1.54) is 12.0 Å². The summed E-state index contributed by atoms with van der Waals surface area (Å²) >= 11 is 0. The van der Waals surface area contributed by atoms with E-state index < -0.39 is 11.7 Å². The Morgan fingerprint density at radius 3 is 2.59 bits per heavy atom. The Bertz CT molecular complexity index is 947. The summed E-state index contributed by atoms with van der Waals surface area (Å²) in [6, 6.07) is 7.42. The van der Waals surface area contributed by atoms with Crippen LogP contribution in [0, 0.1) is 0 Å². The molecule has 1 amide bonds. The average Bonchev–Trinajstić information content (AvgIpc) is 2.66. The van der Waals surface area contributed by atoms with Gasteiger partial charge in [0.1, 0.15) is 12.7 Å². The van der Waals surface area contributed by atoms with Gasteiger partial charge >= 0.3 is 6.09 Å². The van der Waals surface area contributed by atoms with Crippen LogP contribution in [0.1, 0.15) is 37.6 Å². The molecule has 29 heavy (non-hydrogen) atoms. The predicted molar refractivity (Wildman–Crippen MR) is 110 cm³/mol. The Hall–Kier alpha value is -3.23. The average molecular weight is 401 g/mol. The minimum Gasteiger partial charge on any atom is -0.444 e. The number of ether oxygens (including phenoxy) is 1. The molecule has 1 aromatic carbocycles. The number of nitrogens with two attached hydrogens (primary N) is 1. The molecule has 1 aliphatic heterocycles. The SMILES string of the molecule is COn1c(NCc2ccc(N)cc2)nc2c(c1=O)CN(C(=O)OC(C)(C)C)CC2. The van der Waals surface area contributed by atoms with Crippen LogP contribution in [0.2, 0.25) is 0 Å². The first kappa shape index (κ1) is 20.5. The second-order valence-corrected chi connectivity index (χ2v) is 7.89. The lowest BCUT2D eigenvalue weighted by atomic mass is 10.1. The summed E-state index contributed by atoms with van der Waals surface area (Å²) in [6.07, 6.45) is 0.0161. The molecule has 0 atom stereocenters. The fourth-order valence-corrected chi connectivity index (χ4v) is 3.04. The predicted octanol–water partition coefficient (Wildman–Crippen LogP) is 1.79. The topological polar surface area (TPSA) is 112 Å². The van der Waals surface area contributed by atoms with Crippen LogP contribution < -0.4 is 21.4 Å². The molecule has 3 rings (SSSR count). The first-order valence-electron chi connectivity index (χ1n) is 9.43. The molecule has 9 heteroatoms. The fourth-order valence-electron chi connectivity index (χ4n) is 3.04. The van der Waals surface area contributed by atoms with E-state index in [0.29, 0.717) is 42.4 Å². The van der Waals surface area contributed by atoms with Gasteiger partial charge in [-0.05, 0) is 38.5 Å². The second kappa shape index (κ2) is 8.02. The van der Waals surface area contributed by atoms with E-state index in [-0.39, 0.29) is 12.1 Å². The molecule has 0 fully saturated rings. The van der Waals surface area contributed by atoms with Gasteiger partial charge < -0.3 is 25.5 Å². The molecule has 1 aliphatic rings. The molecular formula is C20H27N5O4. The number of nitrogens with zero attached hydrogens (tertiary/aromatic N) is 3. The number of hydrogen-bond acceptors (Lipinski definition) is 7. The summed E-state index contributed by atoms with van der Waals surface area (Å²) in [5.74, 6) is 0.318. The van der Waals surface area contributed by atoms with Crippen molar-refractivity contribution in [1.82, 2.24) is 14.6 Å². The number of aromatic nitrogens is 2. The first-order chi connectivity index (χ1) is 13.7. The first-order valence-corrected chi connectivity index (χ1v) is 9.43. The zero-order valence-electron chi connectivity index (χ0n) is 17.2. The zero-order chi connectivity index (χ0) is 21.2. The Morgan fingerprint density at radius 1 is 1.28 bits per heavy atom. The lowest BCUT2D eigenvalue weighted by molar-refractivity contribution is 0.0219. The molecule has 0 spiro atoms. The molecule has 9 nitrogen and oxygen atoms in total. The van der Waals surface area contributed by atoms with E-state index in [4.69, 9.17) is 15.3 Å². The van der Waals surface area contributed by atoms with Crippen LogP contribution in [-0.4, -0.2) is 40.0 Å². The number of hydrogen-bond donors (Lipinski definition) is 2. The molecule has 1 aromatic heterocycles. The lowest BCUT2D eigenvalue weighted by Crippen LogP contribution is -2.44. The van der Waals surface area contributed by atoms with Crippen LogP contribution in [0.5, 0.6) is 0 Å². The molecule has 0 aliphatic carbocycles. The zero-order valence-corrected chi connectivity index (χ0v) is 17.2. The van der Waals surface area contributed by atoms with E-state index in [1.54, 1.807) is 20.8 Å². The molecule has 0 saturated carbocycles.